The van der Waals surface area contributed by atoms with E-state index < -0.39 is 6.10 Å². The Morgan fingerprint density at radius 1 is 1.26 bits per heavy atom. The van der Waals surface area contributed by atoms with E-state index in [4.69, 9.17) is 16.2 Å². The van der Waals surface area contributed by atoms with Crippen LogP contribution in [0.15, 0.2) is 12.1 Å². The first-order valence-electron chi connectivity index (χ1n) is 6.88. The van der Waals surface area contributed by atoms with Gasteiger partial charge in [-0.25, -0.2) is 0 Å². The molecule has 4 heteroatoms. The number of aryl methyl sites for hydroxylation is 2. The van der Waals surface area contributed by atoms with Crippen molar-refractivity contribution in [1.29, 1.82) is 0 Å². The zero-order valence-electron chi connectivity index (χ0n) is 12.1. The summed E-state index contributed by atoms with van der Waals surface area (Å²) in [7, 11) is 0. The minimum Gasteiger partial charge on any atom is -0.494 e. The molecule has 5 N–H and O–H groups in total. The van der Waals surface area contributed by atoms with Gasteiger partial charge >= 0.3 is 0 Å². The van der Waals surface area contributed by atoms with Gasteiger partial charge in [0.1, 0.15) is 5.75 Å². The Kier molecular flexibility index (Phi) is 6.28. The monoisotopic (exact) mass is 266 g/mol. The minimum absolute atomic E-state index is 0.329. The molecular formula is C15H26N2O2. The largest absolute Gasteiger partial charge is 0.494 e. The molecule has 1 aromatic rings. The highest BCUT2D eigenvalue weighted by Gasteiger charge is 2.20. The van der Waals surface area contributed by atoms with Crippen molar-refractivity contribution >= 4 is 0 Å². The van der Waals surface area contributed by atoms with Gasteiger partial charge in [0, 0.05) is 6.04 Å². The maximum absolute atomic E-state index is 10.3. The van der Waals surface area contributed by atoms with Crippen LogP contribution < -0.4 is 16.2 Å². The second-order valence-corrected chi connectivity index (χ2v) is 5.01. The first-order chi connectivity index (χ1) is 9.01. The number of aliphatic hydroxyl groups excluding tert-OH is 1. The normalized spacial score (nSPS) is 14.2. The highest BCUT2D eigenvalue weighted by atomic mass is 16.5. The molecule has 2 unspecified atom stereocenters. The Hall–Kier alpha value is -1.10. The standard InChI is InChI=1S/C15H26N2O2/c1-4-7-19-12-8-10(2)14(11(3)9-12)15(18)13(17)5-6-16/h8-9,13,15,18H,4-7,16-17H2,1-3H3. The van der Waals surface area contributed by atoms with Crippen LogP contribution in [0.5, 0.6) is 5.75 Å². The fourth-order valence-corrected chi connectivity index (χ4v) is 2.27. The van der Waals surface area contributed by atoms with Crippen molar-refractivity contribution in [1.82, 2.24) is 0 Å². The molecule has 0 bridgehead atoms. The van der Waals surface area contributed by atoms with Gasteiger partial charge < -0.3 is 21.3 Å². The van der Waals surface area contributed by atoms with Gasteiger partial charge in [-0.2, -0.15) is 0 Å². The molecule has 0 aromatic heterocycles. The van der Waals surface area contributed by atoms with Crippen LogP contribution in [0.1, 0.15) is 42.6 Å². The average Bonchev–Trinajstić information content (AvgIpc) is 2.35. The number of ether oxygens (including phenoxy) is 1. The van der Waals surface area contributed by atoms with Crippen molar-refractivity contribution in [3.63, 3.8) is 0 Å². The van der Waals surface area contributed by atoms with Crippen LogP contribution in [0.25, 0.3) is 0 Å². The number of benzene rings is 1. The predicted octanol–water partition coefficient (Wildman–Crippen LogP) is 1.80. The maximum Gasteiger partial charge on any atom is 0.119 e. The van der Waals surface area contributed by atoms with Gasteiger partial charge in [0.15, 0.2) is 0 Å². The van der Waals surface area contributed by atoms with Gasteiger partial charge in [-0.3, -0.25) is 0 Å². The lowest BCUT2D eigenvalue weighted by Crippen LogP contribution is -2.31. The van der Waals surface area contributed by atoms with Crippen molar-refractivity contribution in [3.05, 3.63) is 28.8 Å². The Labute approximate surface area is 115 Å². The van der Waals surface area contributed by atoms with Gasteiger partial charge in [0.05, 0.1) is 12.7 Å². The first-order valence-corrected chi connectivity index (χ1v) is 6.88. The number of aliphatic hydroxyl groups is 1. The van der Waals surface area contributed by atoms with Crippen molar-refractivity contribution < 1.29 is 9.84 Å². The van der Waals surface area contributed by atoms with E-state index in [9.17, 15) is 5.11 Å². The molecule has 0 spiro atoms. The lowest BCUT2D eigenvalue weighted by molar-refractivity contribution is 0.142. The number of nitrogens with two attached hydrogens (primary N) is 2. The van der Waals surface area contributed by atoms with E-state index >= 15 is 0 Å². The van der Waals surface area contributed by atoms with Crippen LogP contribution in [0.2, 0.25) is 0 Å². The first kappa shape index (κ1) is 16.0. The molecule has 0 saturated carbocycles. The number of rotatable bonds is 7. The Morgan fingerprint density at radius 2 is 1.84 bits per heavy atom. The predicted molar refractivity (Wildman–Crippen MR) is 78.3 cm³/mol. The van der Waals surface area contributed by atoms with Crippen LogP contribution in [0.3, 0.4) is 0 Å². The lowest BCUT2D eigenvalue weighted by atomic mass is 9.92. The van der Waals surface area contributed by atoms with Gasteiger partial charge in [0.2, 0.25) is 0 Å². The summed E-state index contributed by atoms with van der Waals surface area (Å²) in [6.07, 6.45) is 0.904. The van der Waals surface area contributed by atoms with Crippen LogP contribution in [0, 0.1) is 13.8 Å². The molecule has 0 fully saturated rings. The second kappa shape index (κ2) is 7.48. The van der Waals surface area contributed by atoms with Gasteiger partial charge in [0.25, 0.3) is 0 Å². The third-order valence-electron chi connectivity index (χ3n) is 3.24. The number of hydrogen-bond acceptors (Lipinski definition) is 4. The molecule has 4 nitrogen and oxygen atoms in total. The quantitative estimate of drug-likeness (QED) is 0.703. The van der Waals surface area contributed by atoms with Crippen LogP contribution in [-0.2, 0) is 0 Å². The smallest absolute Gasteiger partial charge is 0.119 e. The zero-order chi connectivity index (χ0) is 14.4. The highest BCUT2D eigenvalue weighted by molar-refractivity contribution is 5.42. The second-order valence-electron chi connectivity index (χ2n) is 5.01. The fraction of sp³-hybridized carbons (Fsp3) is 0.600. The highest BCUT2D eigenvalue weighted by Crippen LogP contribution is 2.29. The summed E-state index contributed by atoms with van der Waals surface area (Å²) in [5.41, 5.74) is 14.3. The summed E-state index contributed by atoms with van der Waals surface area (Å²) in [6.45, 7) is 7.20. The summed E-state index contributed by atoms with van der Waals surface area (Å²) in [5, 5.41) is 10.3. The van der Waals surface area contributed by atoms with E-state index in [1.54, 1.807) is 0 Å². The topological polar surface area (TPSA) is 81.5 Å². The van der Waals surface area contributed by atoms with Crippen molar-refractivity contribution in [2.45, 2.75) is 45.8 Å². The summed E-state index contributed by atoms with van der Waals surface area (Å²) in [4.78, 5) is 0. The van der Waals surface area contributed by atoms with Gasteiger partial charge in [-0.15, -0.1) is 0 Å². The maximum atomic E-state index is 10.3. The summed E-state index contributed by atoms with van der Waals surface area (Å²) >= 11 is 0. The van der Waals surface area contributed by atoms with E-state index in [1.807, 2.05) is 26.0 Å². The molecule has 0 aliphatic carbocycles. The van der Waals surface area contributed by atoms with Crippen LogP contribution in [-0.4, -0.2) is 24.3 Å². The molecule has 0 heterocycles. The zero-order valence-corrected chi connectivity index (χ0v) is 12.1. The molecule has 0 aliphatic rings. The van der Waals surface area contributed by atoms with E-state index in [2.05, 4.69) is 6.92 Å². The lowest BCUT2D eigenvalue weighted by Gasteiger charge is -2.23. The van der Waals surface area contributed by atoms with Gasteiger partial charge in [-0.05, 0) is 62.1 Å². The summed E-state index contributed by atoms with van der Waals surface area (Å²) in [5.74, 6) is 0.847. The molecule has 1 aromatic carbocycles. The van der Waals surface area contributed by atoms with Gasteiger partial charge in [-0.1, -0.05) is 6.92 Å². The van der Waals surface area contributed by atoms with Crippen LogP contribution >= 0.6 is 0 Å². The molecule has 19 heavy (non-hydrogen) atoms. The SMILES string of the molecule is CCCOc1cc(C)c(C(O)C(N)CCN)c(C)c1. The minimum atomic E-state index is -0.677. The molecule has 0 amide bonds. The molecule has 2 atom stereocenters. The van der Waals surface area contributed by atoms with Crippen molar-refractivity contribution in [2.75, 3.05) is 13.2 Å². The summed E-state index contributed by atoms with van der Waals surface area (Å²) in [6, 6.07) is 3.58. The molecule has 0 radical (unpaired) electrons. The Balaban J connectivity index is 2.95. The number of hydrogen-bond donors (Lipinski definition) is 3. The molecular weight excluding hydrogens is 240 g/mol. The average molecular weight is 266 g/mol. The third-order valence-corrected chi connectivity index (χ3v) is 3.24. The van der Waals surface area contributed by atoms with E-state index in [0.29, 0.717) is 19.6 Å². The van der Waals surface area contributed by atoms with Crippen molar-refractivity contribution in [2.24, 2.45) is 11.5 Å². The Bertz CT molecular complexity index is 384. The molecule has 0 saturated heterocycles. The molecule has 0 aliphatic heterocycles. The van der Waals surface area contributed by atoms with E-state index in [-0.39, 0.29) is 6.04 Å². The Morgan fingerprint density at radius 3 is 2.32 bits per heavy atom. The fourth-order valence-electron chi connectivity index (χ4n) is 2.27. The molecule has 1 rings (SSSR count). The third kappa shape index (κ3) is 4.20. The van der Waals surface area contributed by atoms with Crippen LogP contribution in [0.4, 0.5) is 0 Å². The molecule has 108 valence electrons. The summed E-state index contributed by atoms with van der Waals surface area (Å²) < 4.78 is 5.63. The van der Waals surface area contributed by atoms with E-state index in [0.717, 1.165) is 28.9 Å². The van der Waals surface area contributed by atoms with E-state index in [1.165, 1.54) is 0 Å². The van der Waals surface area contributed by atoms with Crippen molar-refractivity contribution in [3.8, 4) is 5.75 Å².